The normalized spacial score (nSPS) is 9.40. The molecule has 0 atom stereocenters. The van der Waals surface area contributed by atoms with Crippen LogP contribution in [0.5, 0.6) is 0 Å². The van der Waals surface area contributed by atoms with E-state index in [1.165, 1.54) is 19.2 Å². The van der Waals surface area contributed by atoms with E-state index in [9.17, 15) is 9.18 Å². The Labute approximate surface area is 90.8 Å². The standard InChI is InChI=1S/C10H8FNO2S/c1-14-10(13)6-15-8-3-2-7(5-12)9(11)4-8/h2-4H,6H2,1H3. The molecule has 0 N–H and O–H groups in total. The van der Waals surface area contributed by atoms with E-state index in [-0.39, 0.29) is 17.3 Å². The maximum absolute atomic E-state index is 13.1. The summed E-state index contributed by atoms with van der Waals surface area (Å²) in [4.78, 5) is 11.4. The highest BCUT2D eigenvalue weighted by Gasteiger charge is 2.05. The van der Waals surface area contributed by atoms with Crippen LogP contribution in [0.1, 0.15) is 5.56 Å². The van der Waals surface area contributed by atoms with Crippen LogP contribution in [0.15, 0.2) is 23.1 Å². The highest BCUT2D eigenvalue weighted by molar-refractivity contribution is 8.00. The smallest absolute Gasteiger partial charge is 0.315 e. The van der Waals surface area contributed by atoms with E-state index >= 15 is 0 Å². The molecule has 1 rings (SSSR count). The van der Waals surface area contributed by atoms with Gasteiger partial charge in [0, 0.05) is 4.90 Å². The quantitative estimate of drug-likeness (QED) is 0.583. The number of halogens is 1. The highest BCUT2D eigenvalue weighted by Crippen LogP contribution is 2.20. The third-order valence-electron chi connectivity index (χ3n) is 1.65. The fourth-order valence-electron chi connectivity index (χ4n) is 0.877. The molecule has 0 heterocycles. The van der Waals surface area contributed by atoms with Crippen LogP contribution in [-0.2, 0) is 9.53 Å². The highest BCUT2D eigenvalue weighted by atomic mass is 32.2. The summed E-state index contributed by atoms with van der Waals surface area (Å²) in [5, 5.41) is 8.49. The van der Waals surface area contributed by atoms with Gasteiger partial charge in [0.05, 0.1) is 18.4 Å². The zero-order valence-corrected chi connectivity index (χ0v) is 8.81. The first kappa shape index (κ1) is 11.5. The van der Waals surface area contributed by atoms with Crippen LogP contribution in [0.2, 0.25) is 0 Å². The van der Waals surface area contributed by atoms with Gasteiger partial charge < -0.3 is 4.74 Å². The largest absolute Gasteiger partial charge is 0.468 e. The van der Waals surface area contributed by atoms with E-state index in [0.29, 0.717) is 4.90 Å². The summed E-state index contributed by atoms with van der Waals surface area (Å²) in [6, 6.07) is 5.93. The van der Waals surface area contributed by atoms with Crippen molar-refractivity contribution in [1.29, 1.82) is 5.26 Å². The number of benzene rings is 1. The van der Waals surface area contributed by atoms with Crippen LogP contribution in [-0.4, -0.2) is 18.8 Å². The molecule has 0 aliphatic rings. The second kappa shape index (κ2) is 5.37. The SMILES string of the molecule is COC(=O)CSc1ccc(C#N)c(F)c1. The molecule has 3 nitrogen and oxygen atoms in total. The van der Waals surface area contributed by atoms with E-state index in [1.807, 2.05) is 0 Å². The number of hydrogen-bond acceptors (Lipinski definition) is 4. The number of hydrogen-bond donors (Lipinski definition) is 0. The number of carbonyl (C=O) groups is 1. The summed E-state index contributed by atoms with van der Waals surface area (Å²) in [5.74, 6) is -0.820. The molecule has 78 valence electrons. The van der Waals surface area contributed by atoms with Crippen molar-refractivity contribution in [2.75, 3.05) is 12.9 Å². The Morgan fingerprint density at radius 2 is 2.40 bits per heavy atom. The fraction of sp³-hybridized carbons (Fsp3) is 0.200. The predicted molar refractivity (Wildman–Crippen MR) is 53.9 cm³/mol. The fourth-order valence-corrected chi connectivity index (χ4v) is 1.63. The van der Waals surface area contributed by atoms with Gasteiger partial charge in [-0.15, -0.1) is 11.8 Å². The lowest BCUT2D eigenvalue weighted by Crippen LogP contribution is -2.02. The molecule has 0 spiro atoms. The number of ether oxygens (including phenoxy) is 1. The number of thioether (sulfide) groups is 1. The number of carbonyl (C=O) groups excluding carboxylic acids is 1. The molecule has 0 bridgehead atoms. The minimum absolute atomic E-state index is 0.00239. The van der Waals surface area contributed by atoms with Crippen molar-refractivity contribution in [3.05, 3.63) is 29.6 Å². The summed E-state index contributed by atoms with van der Waals surface area (Å²) >= 11 is 1.16. The van der Waals surface area contributed by atoms with E-state index in [0.717, 1.165) is 11.8 Å². The lowest BCUT2D eigenvalue weighted by Gasteiger charge is -2.01. The number of nitrogens with zero attached hydrogens (tertiary/aromatic N) is 1. The van der Waals surface area contributed by atoms with Crippen molar-refractivity contribution in [3.8, 4) is 6.07 Å². The molecule has 0 fully saturated rings. The van der Waals surface area contributed by atoms with Crippen LogP contribution in [0.4, 0.5) is 4.39 Å². The van der Waals surface area contributed by atoms with Gasteiger partial charge in [-0.25, -0.2) is 4.39 Å². The minimum atomic E-state index is -0.577. The van der Waals surface area contributed by atoms with Gasteiger partial charge in [0.1, 0.15) is 11.9 Å². The van der Waals surface area contributed by atoms with E-state index < -0.39 is 5.82 Å². The maximum Gasteiger partial charge on any atom is 0.315 e. The summed E-state index contributed by atoms with van der Waals surface area (Å²) in [5.41, 5.74) is -0.00239. The molecule has 0 unspecified atom stereocenters. The van der Waals surface area contributed by atoms with Crippen LogP contribution in [0.3, 0.4) is 0 Å². The average molecular weight is 225 g/mol. The molecular formula is C10H8FNO2S. The van der Waals surface area contributed by atoms with Crippen molar-refractivity contribution in [2.45, 2.75) is 4.90 Å². The van der Waals surface area contributed by atoms with Crippen LogP contribution >= 0.6 is 11.8 Å². The Balaban J connectivity index is 2.68. The maximum atomic E-state index is 13.1. The average Bonchev–Trinajstić information content (AvgIpc) is 2.26. The summed E-state index contributed by atoms with van der Waals surface area (Å²) in [6.07, 6.45) is 0. The van der Waals surface area contributed by atoms with Crippen LogP contribution in [0.25, 0.3) is 0 Å². The zero-order chi connectivity index (χ0) is 11.3. The first-order valence-corrected chi connectivity index (χ1v) is 5.05. The van der Waals surface area contributed by atoms with Gasteiger partial charge in [0.25, 0.3) is 0 Å². The molecule has 0 aliphatic carbocycles. The molecule has 0 saturated heterocycles. The van der Waals surface area contributed by atoms with Gasteiger partial charge in [0.15, 0.2) is 0 Å². The van der Waals surface area contributed by atoms with E-state index in [1.54, 1.807) is 12.1 Å². The van der Waals surface area contributed by atoms with Gasteiger partial charge in [-0.3, -0.25) is 4.79 Å². The van der Waals surface area contributed by atoms with Gasteiger partial charge in [0.2, 0.25) is 0 Å². The molecule has 0 radical (unpaired) electrons. The number of nitriles is 1. The van der Waals surface area contributed by atoms with Crippen molar-refractivity contribution < 1.29 is 13.9 Å². The van der Waals surface area contributed by atoms with Crippen LogP contribution in [0, 0.1) is 17.1 Å². The molecule has 0 amide bonds. The number of rotatable bonds is 3. The van der Waals surface area contributed by atoms with E-state index in [2.05, 4.69) is 4.74 Å². The number of esters is 1. The Morgan fingerprint density at radius 3 is 2.93 bits per heavy atom. The van der Waals surface area contributed by atoms with Crippen LogP contribution < -0.4 is 0 Å². The van der Waals surface area contributed by atoms with Crippen molar-refractivity contribution in [3.63, 3.8) is 0 Å². The molecule has 15 heavy (non-hydrogen) atoms. The molecule has 0 aliphatic heterocycles. The van der Waals surface area contributed by atoms with E-state index in [4.69, 9.17) is 5.26 Å². The molecule has 0 aromatic heterocycles. The first-order chi connectivity index (χ1) is 7.17. The number of methoxy groups -OCH3 is 1. The van der Waals surface area contributed by atoms with Gasteiger partial charge >= 0.3 is 5.97 Å². The second-order valence-corrected chi connectivity index (χ2v) is 3.67. The monoisotopic (exact) mass is 225 g/mol. The molecule has 5 heteroatoms. The predicted octanol–water partition coefficient (Wildman–Crippen LogP) is 1.96. The van der Waals surface area contributed by atoms with Crippen molar-refractivity contribution in [1.82, 2.24) is 0 Å². The lowest BCUT2D eigenvalue weighted by atomic mass is 10.2. The summed E-state index contributed by atoms with van der Waals surface area (Å²) < 4.78 is 17.5. The summed E-state index contributed by atoms with van der Waals surface area (Å²) in [7, 11) is 1.29. The zero-order valence-electron chi connectivity index (χ0n) is 7.99. The molecule has 1 aromatic rings. The topological polar surface area (TPSA) is 50.1 Å². The third kappa shape index (κ3) is 3.26. The minimum Gasteiger partial charge on any atom is -0.468 e. The van der Waals surface area contributed by atoms with Crippen molar-refractivity contribution >= 4 is 17.7 Å². The Hall–Kier alpha value is -1.54. The van der Waals surface area contributed by atoms with Gasteiger partial charge in [-0.1, -0.05) is 0 Å². The first-order valence-electron chi connectivity index (χ1n) is 4.06. The third-order valence-corrected chi connectivity index (χ3v) is 2.61. The van der Waals surface area contributed by atoms with Crippen molar-refractivity contribution in [2.24, 2.45) is 0 Å². The molecule has 0 saturated carbocycles. The summed E-state index contributed by atoms with van der Waals surface area (Å²) in [6.45, 7) is 0. The molecular weight excluding hydrogens is 217 g/mol. The van der Waals surface area contributed by atoms with Gasteiger partial charge in [-0.2, -0.15) is 5.26 Å². The molecule has 1 aromatic carbocycles. The Kier molecular flexibility index (Phi) is 4.13. The second-order valence-electron chi connectivity index (χ2n) is 2.62. The lowest BCUT2D eigenvalue weighted by molar-refractivity contribution is -0.137. The van der Waals surface area contributed by atoms with Gasteiger partial charge in [-0.05, 0) is 18.2 Å². The Bertz CT molecular complexity index is 414. The Morgan fingerprint density at radius 1 is 1.67 bits per heavy atom.